The SMILES string of the molecule is [2H]c1c([2H])c([2H])c(-c2nc(-c3ccc4c(c3)oc3cc5ccccc5cc34)nc(-c3cccc4sc5ccccc5c34)n2)c([2H])c1[2H]. The first-order valence-corrected chi connectivity index (χ1v) is 14.3. The molecule has 0 fully saturated rings. The minimum atomic E-state index is -0.476. The smallest absolute Gasteiger partial charge is 0.164 e. The third-order valence-electron chi connectivity index (χ3n) is 7.60. The van der Waals surface area contributed by atoms with Crippen LogP contribution in [0.1, 0.15) is 6.85 Å². The van der Waals surface area contributed by atoms with Crippen molar-refractivity contribution in [2.45, 2.75) is 0 Å². The Balaban J connectivity index is 1.32. The van der Waals surface area contributed by atoms with Crippen molar-refractivity contribution < 1.29 is 11.3 Å². The number of aromatic nitrogens is 3. The Bertz CT molecular complexity index is 2740. The molecule has 196 valence electrons. The molecule has 0 bridgehead atoms. The zero-order valence-corrected chi connectivity index (χ0v) is 22.7. The molecule has 0 spiro atoms. The van der Waals surface area contributed by atoms with E-state index in [1.54, 1.807) is 11.3 Å². The van der Waals surface area contributed by atoms with Crippen LogP contribution in [0.2, 0.25) is 0 Å². The van der Waals surface area contributed by atoms with E-state index < -0.39 is 18.1 Å². The van der Waals surface area contributed by atoms with Crippen molar-refractivity contribution in [2.75, 3.05) is 0 Å². The molecule has 0 amide bonds. The van der Waals surface area contributed by atoms with Crippen LogP contribution in [0, 0.1) is 0 Å². The molecule has 6 aromatic carbocycles. The van der Waals surface area contributed by atoms with Gasteiger partial charge in [-0.05, 0) is 47.2 Å². The molecule has 0 aliphatic carbocycles. The van der Waals surface area contributed by atoms with Crippen LogP contribution in [0.5, 0.6) is 0 Å². The van der Waals surface area contributed by atoms with Crippen LogP contribution in [0.15, 0.2) is 132 Å². The molecule has 0 unspecified atom stereocenters. The second-order valence-electron chi connectivity index (χ2n) is 10.1. The minimum absolute atomic E-state index is 0.00510. The fourth-order valence-corrected chi connectivity index (χ4v) is 6.79. The second-order valence-corrected chi connectivity index (χ2v) is 11.2. The fourth-order valence-electron chi connectivity index (χ4n) is 5.66. The summed E-state index contributed by atoms with van der Waals surface area (Å²) in [5.41, 5.74) is 2.74. The zero-order valence-electron chi connectivity index (χ0n) is 26.9. The Hall–Kier alpha value is -5.39. The van der Waals surface area contributed by atoms with E-state index in [4.69, 9.17) is 26.2 Å². The van der Waals surface area contributed by atoms with Crippen LogP contribution >= 0.6 is 11.3 Å². The normalized spacial score (nSPS) is 13.5. The van der Waals surface area contributed by atoms with E-state index in [0.29, 0.717) is 22.8 Å². The highest BCUT2D eigenvalue weighted by Gasteiger charge is 2.18. The van der Waals surface area contributed by atoms with Gasteiger partial charge in [-0.1, -0.05) is 90.9 Å². The van der Waals surface area contributed by atoms with Crippen LogP contribution in [0.3, 0.4) is 0 Å². The number of hydrogen-bond acceptors (Lipinski definition) is 5. The molecular weight excluding hydrogens is 534 g/mol. The van der Waals surface area contributed by atoms with Crippen LogP contribution in [0.25, 0.3) is 87.0 Å². The first-order chi connectivity index (χ1) is 22.9. The van der Waals surface area contributed by atoms with Crippen molar-refractivity contribution in [3.8, 4) is 34.2 Å². The van der Waals surface area contributed by atoms with Crippen molar-refractivity contribution in [3.05, 3.63) is 127 Å². The molecule has 4 nitrogen and oxygen atoms in total. The van der Waals surface area contributed by atoms with Gasteiger partial charge < -0.3 is 4.42 Å². The molecule has 5 heteroatoms. The highest BCUT2D eigenvalue weighted by molar-refractivity contribution is 7.25. The number of fused-ring (bicyclic) bond motifs is 7. The van der Waals surface area contributed by atoms with Crippen molar-refractivity contribution >= 4 is 64.2 Å². The van der Waals surface area contributed by atoms with E-state index in [-0.39, 0.29) is 23.5 Å². The molecule has 0 atom stereocenters. The minimum Gasteiger partial charge on any atom is -0.456 e. The zero-order chi connectivity index (χ0) is 32.0. The fraction of sp³-hybridized carbons (Fsp3) is 0. The summed E-state index contributed by atoms with van der Waals surface area (Å²) in [6.45, 7) is 0. The highest BCUT2D eigenvalue weighted by Crippen LogP contribution is 2.40. The van der Waals surface area contributed by atoms with E-state index in [2.05, 4.69) is 36.4 Å². The number of hydrogen-bond donors (Lipinski definition) is 0. The largest absolute Gasteiger partial charge is 0.456 e. The Kier molecular flexibility index (Phi) is 4.07. The van der Waals surface area contributed by atoms with Gasteiger partial charge >= 0.3 is 0 Å². The summed E-state index contributed by atoms with van der Waals surface area (Å²) < 4.78 is 50.6. The topological polar surface area (TPSA) is 51.8 Å². The monoisotopic (exact) mass is 560 g/mol. The number of nitrogens with zero attached hydrogens (tertiary/aromatic N) is 3. The molecule has 9 rings (SSSR count). The van der Waals surface area contributed by atoms with Gasteiger partial charge in [0.2, 0.25) is 0 Å². The average Bonchev–Trinajstić information content (AvgIpc) is 3.66. The molecule has 42 heavy (non-hydrogen) atoms. The van der Waals surface area contributed by atoms with Crippen molar-refractivity contribution in [3.63, 3.8) is 0 Å². The maximum Gasteiger partial charge on any atom is 0.164 e. The molecule has 0 saturated carbocycles. The third-order valence-corrected chi connectivity index (χ3v) is 8.74. The Morgan fingerprint density at radius 1 is 0.548 bits per heavy atom. The van der Waals surface area contributed by atoms with Gasteiger partial charge in [-0.25, -0.2) is 15.0 Å². The van der Waals surface area contributed by atoms with Crippen LogP contribution in [-0.2, 0) is 0 Å². The predicted molar refractivity (Wildman–Crippen MR) is 174 cm³/mol. The third kappa shape index (κ3) is 3.64. The molecule has 0 radical (unpaired) electrons. The van der Waals surface area contributed by atoms with Crippen LogP contribution in [0.4, 0.5) is 0 Å². The van der Waals surface area contributed by atoms with E-state index >= 15 is 0 Å². The number of furan rings is 1. The molecule has 3 aromatic heterocycles. The van der Waals surface area contributed by atoms with E-state index in [1.165, 1.54) is 0 Å². The summed E-state index contributed by atoms with van der Waals surface area (Å²) in [5, 5.41) is 6.19. The Morgan fingerprint density at radius 2 is 1.26 bits per heavy atom. The molecule has 0 N–H and O–H groups in total. The van der Waals surface area contributed by atoms with Gasteiger partial charge in [0, 0.05) is 47.6 Å². The summed E-state index contributed by atoms with van der Waals surface area (Å²) in [7, 11) is 0. The van der Waals surface area contributed by atoms with Gasteiger partial charge in [-0.3, -0.25) is 0 Å². The molecule has 9 aromatic rings. The first kappa shape index (κ1) is 18.9. The van der Waals surface area contributed by atoms with E-state index in [1.807, 2.05) is 60.7 Å². The average molecular weight is 561 g/mol. The van der Waals surface area contributed by atoms with E-state index in [9.17, 15) is 0 Å². The van der Waals surface area contributed by atoms with Gasteiger partial charge in [0.1, 0.15) is 11.2 Å². The molecule has 0 aliphatic heterocycles. The Labute approximate surface area is 251 Å². The molecular formula is C37H21N3OS. The molecule has 0 saturated heterocycles. The summed E-state index contributed by atoms with van der Waals surface area (Å²) >= 11 is 1.67. The van der Waals surface area contributed by atoms with Crippen molar-refractivity contribution in [2.24, 2.45) is 0 Å². The highest BCUT2D eigenvalue weighted by atomic mass is 32.1. The lowest BCUT2D eigenvalue weighted by atomic mass is 10.0. The first-order valence-electron chi connectivity index (χ1n) is 15.9. The van der Waals surface area contributed by atoms with Gasteiger partial charge in [0.25, 0.3) is 0 Å². The second kappa shape index (κ2) is 9.06. The van der Waals surface area contributed by atoms with E-state index in [0.717, 1.165) is 52.9 Å². The predicted octanol–water partition coefficient (Wildman–Crippen LogP) is 10.3. The van der Waals surface area contributed by atoms with Crippen LogP contribution in [-0.4, -0.2) is 15.0 Å². The van der Waals surface area contributed by atoms with Gasteiger partial charge in [-0.15, -0.1) is 11.3 Å². The lowest BCUT2D eigenvalue weighted by Crippen LogP contribution is -2.00. The van der Waals surface area contributed by atoms with Crippen LogP contribution < -0.4 is 0 Å². The molecule has 0 aliphatic rings. The summed E-state index contributed by atoms with van der Waals surface area (Å²) in [6, 6.07) is 30.0. The Morgan fingerprint density at radius 3 is 2.14 bits per heavy atom. The van der Waals surface area contributed by atoms with Crippen molar-refractivity contribution in [1.29, 1.82) is 0 Å². The lowest BCUT2D eigenvalue weighted by Gasteiger charge is -2.09. The quantitative estimate of drug-likeness (QED) is 0.216. The summed E-state index contributed by atoms with van der Waals surface area (Å²) in [4.78, 5) is 14.5. The standard InChI is InChI=1S/C37H21N3OS/c1-2-9-22(10-3-1)35-38-36(40-37(39-35)28-14-8-16-33-34(28)27-13-6-7-15-32(27)42-33)25-17-18-26-29-19-23-11-4-5-12-24(23)20-31(29)41-30(26)21-25/h1-21H/i1D,2D,3D,9D,10D. The van der Waals surface area contributed by atoms with Crippen molar-refractivity contribution in [1.82, 2.24) is 15.0 Å². The number of rotatable bonds is 3. The van der Waals surface area contributed by atoms with Gasteiger partial charge in [0.05, 0.1) is 6.85 Å². The molecule has 3 heterocycles. The number of benzene rings is 6. The number of thiophene rings is 1. The lowest BCUT2D eigenvalue weighted by molar-refractivity contribution is 0.669. The summed E-state index contributed by atoms with van der Waals surface area (Å²) in [5.74, 6) is 0.622. The van der Waals surface area contributed by atoms with Gasteiger partial charge in [0.15, 0.2) is 17.5 Å². The maximum absolute atomic E-state index is 8.68. The maximum atomic E-state index is 8.68. The van der Waals surface area contributed by atoms with Gasteiger partial charge in [-0.2, -0.15) is 0 Å². The summed E-state index contributed by atoms with van der Waals surface area (Å²) in [6.07, 6.45) is 0.